The molecule has 112 valence electrons. The summed E-state index contributed by atoms with van der Waals surface area (Å²) in [4.78, 5) is 14.0. The molecule has 0 unspecified atom stereocenters. The summed E-state index contributed by atoms with van der Waals surface area (Å²) >= 11 is 3.39. The van der Waals surface area contributed by atoms with Crippen molar-refractivity contribution in [3.05, 3.63) is 34.3 Å². The van der Waals surface area contributed by atoms with Gasteiger partial charge in [-0.1, -0.05) is 35.0 Å². The lowest BCUT2D eigenvalue weighted by Crippen LogP contribution is -2.39. The molecular formula is C15H23BrN2O2. The molecule has 0 saturated carbocycles. The Labute approximate surface area is 129 Å². The van der Waals surface area contributed by atoms with Crippen LogP contribution in [0.25, 0.3) is 0 Å². The Balaban J connectivity index is 2.49. The largest absolute Gasteiger partial charge is 0.395 e. The lowest BCUT2D eigenvalue weighted by atomic mass is 10.1. The van der Waals surface area contributed by atoms with Gasteiger partial charge in [-0.15, -0.1) is 0 Å². The number of nitrogens with one attached hydrogen (secondary N) is 1. The van der Waals surface area contributed by atoms with Gasteiger partial charge in [0.25, 0.3) is 0 Å². The quantitative estimate of drug-likeness (QED) is 0.762. The van der Waals surface area contributed by atoms with Gasteiger partial charge in [-0.2, -0.15) is 0 Å². The van der Waals surface area contributed by atoms with Crippen LogP contribution in [0, 0.1) is 0 Å². The molecule has 4 nitrogen and oxygen atoms in total. The van der Waals surface area contributed by atoms with Gasteiger partial charge in [0.15, 0.2) is 0 Å². The van der Waals surface area contributed by atoms with Crippen LogP contribution in [0.15, 0.2) is 28.7 Å². The van der Waals surface area contributed by atoms with Crippen molar-refractivity contribution in [3.8, 4) is 0 Å². The number of aliphatic hydroxyl groups is 1. The topological polar surface area (TPSA) is 52.6 Å². The fourth-order valence-electron chi connectivity index (χ4n) is 2.05. The normalized spacial score (nSPS) is 12.4. The van der Waals surface area contributed by atoms with Gasteiger partial charge in [-0.3, -0.25) is 9.69 Å². The second-order valence-corrected chi connectivity index (χ2v) is 5.76. The molecule has 20 heavy (non-hydrogen) atoms. The SMILES string of the molecule is CCCN(CCO)CC(=O)N[C@@H](C)c1ccc(Br)cc1. The minimum Gasteiger partial charge on any atom is -0.395 e. The standard InChI is InChI=1S/C15H23BrN2O2/c1-3-8-18(9-10-19)11-15(20)17-12(2)13-4-6-14(16)7-5-13/h4-7,12,19H,3,8-11H2,1-2H3,(H,17,20)/t12-/m0/s1. The molecule has 0 saturated heterocycles. The molecular weight excluding hydrogens is 320 g/mol. The van der Waals surface area contributed by atoms with E-state index >= 15 is 0 Å². The highest BCUT2D eigenvalue weighted by Crippen LogP contribution is 2.16. The average molecular weight is 343 g/mol. The molecule has 0 spiro atoms. The Morgan fingerprint density at radius 2 is 2.00 bits per heavy atom. The third-order valence-electron chi connectivity index (χ3n) is 3.07. The Bertz CT molecular complexity index is 403. The van der Waals surface area contributed by atoms with Crippen molar-refractivity contribution < 1.29 is 9.90 Å². The van der Waals surface area contributed by atoms with Crippen LogP contribution in [0.2, 0.25) is 0 Å². The maximum atomic E-state index is 12.0. The van der Waals surface area contributed by atoms with Crippen LogP contribution in [0.5, 0.6) is 0 Å². The zero-order valence-corrected chi connectivity index (χ0v) is 13.7. The molecule has 0 radical (unpaired) electrons. The van der Waals surface area contributed by atoms with Crippen molar-refractivity contribution in [1.29, 1.82) is 0 Å². The van der Waals surface area contributed by atoms with Gasteiger partial charge in [-0.25, -0.2) is 0 Å². The molecule has 0 bridgehead atoms. The molecule has 0 aromatic heterocycles. The first-order chi connectivity index (χ1) is 9.56. The minimum atomic E-state index is -0.0202. The first-order valence-corrected chi connectivity index (χ1v) is 7.74. The van der Waals surface area contributed by atoms with E-state index in [1.54, 1.807) is 0 Å². The summed E-state index contributed by atoms with van der Waals surface area (Å²) in [5.41, 5.74) is 1.07. The third-order valence-corrected chi connectivity index (χ3v) is 3.60. The van der Waals surface area contributed by atoms with Crippen molar-refractivity contribution >= 4 is 21.8 Å². The summed E-state index contributed by atoms with van der Waals surface area (Å²) in [6.45, 7) is 5.80. The van der Waals surface area contributed by atoms with Crippen molar-refractivity contribution in [2.45, 2.75) is 26.3 Å². The monoisotopic (exact) mass is 342 g/mol. The molecule has 0 aliphatic rings. The molecule has 1 atom stereocenters. The van der Waals surface area contributed by atoms with Gasteiger partial charge >= 0.3 is 0 Å². The van der Waals surface area contributed by atoms with Gasteiger partial charge in [0.1, 0.15) is 0 Å². The summed E-state index contributed by atoms with van der Waals surface area (Å²) in [6.07, 6.45) is 0.968. The lowest BCUT2D eigenvalue weighted by molar-refractivity contribution is -0.123. The predicted octanol–water partition coefficient (Wildman–Crippen LogP) is 2.33. The summed E-state index contributed by atoms with van der Waals surface area (Å²) in [5, 5.41) is 12.0. The first-order valence-electron chi connectivity index (χ1n) is 6.94. The zero-order valence-electron chi connectivity index (χ0n) is 12.1. The van der Waals surface area contributed by atoms with Gasteiger partial charge in [0, 0.05) is 11.0 Å². The molecule has 0 heterocycles. The van der Waals surface area contributed by atoms with E-state index in [2.05, 4.69) is 28.2 Å². The number of hydrogen-bond acceptors (Lipinski definition) is 3. The van der Waals surface area contributed by atoms with Crippen LogP contribution < -0.4 is 5.32 Å². The van der Waals surface area contributed by atoms with Crippen LogP contribution in [0.3, 0.4) is 0 Å². The number of carbonyl (C=O) groups is 1. The number of carbonyl (C=O) groups excluding carboxylic acids is 1. The fraction of sp³-hybridized carbons (Fsp3) is 0.533. The number of benzene rings is 1. The van der Waals surface area contributed by atoms with Crippen molar-refractivity contribution in [2.75, 3.05) is 26.2 Å². The van der Waals surface area contributed by atoms with Crippen molar-refractivity contribution in [3.63, 3.8) is 0 Å². The van der Waals surface area contributed by atoms with Crippen LogP contribution in [-0.4, -0.2) is 42.2 Å². The Morgan fingerprint density at radius 1 is 1.35 bits per heavy atom. The van der Waals surface area contributed by atoms with E-state index in [1.165, 1.54) is 0 Å². The molecule has 1 aromatic carbocycles. The smallest absolute Gasteiger partial charge is 0.234 e. The summed E-state index contributed by atoms with van der Waals surface area (Å²) in [7, 11) is 0. The number of nitrogens with zero attached hydrogens (tertiary/aromatic N) is 1. The highest BCUT2D eigenvalue weighted by molar-refractivity contribution is 9.10. The van der Waals surface area contributed by atoms with E-state index < -0.39 is 0 Å². The second kappa shape index (κ2) is 9.10. The molecule has 1 amide bonds. The number of hydrogen-bond donors (Lipinski definition) is 2. The summed E-state index contributed by atoms with van der Waals surface area (Å²) < 4.78 is 1.02. The van der Waals surface area contributed by atoms with Crippen molar-refractivity contribution in [2.24, 2.45) is 0 Å². The Hall–Kier alpha value is -0.910. The third kappa shape index (κ3) is 6.03. The van der Waals surface area contributed by atoms with E-state index in [4.69, 9.17) is 5.11 Å². The van der Waals surface area contributed by atoms with Crippen LogP contribution in [0.1, 0.15) is 31.9 Å². The van der Waals surface area contributed by atoms with Gasteiger partial charge in [0.2, 0.25) is 5.91 Å². The van der Waals surface area contributed by atoms with E-state index in [-0.39, 0.29) is 18.6 Å². The van der Waals surface area contributed by atoms with E-state index in [0.717, 1.165) is 23.0 Å². The average Bonchev–Trinajstić information content (AvgIpc) is 2.39. The number of halogens is 1. The van der Waals surface area contributed by atoms with E-state index in [1.807, 2.05) is 36.1 Å². The number of amides is 1. The predicted molar refractivity (Wildman–Crippen MR) is 84.5 cm³/mol. The number of rotatable bonds is 8. The highest BCUT2D eigenvalue weighted by atomic mass is 79.9. The Morgan fingerprint density at radius 3 is 2.55 bits per heavy atom. The lowest BCUT2D eigenvalue weighted by Gasteiger charge is -2.21. The first kappa shape index (κ1) is 17.1. The van der Waals surface area contributed by atoms with Gasteiger partial charge < -0.3 is 10.4 Å². The summed E-state index contributed by atoms with van der Waals surface area (Å²) in [6, 6.07) is 7.90. The van der Waals surface area contributed by atoms with Crippen LogP contribution in [0.4, 0.5) is 0 Å². The molecule has 2 N–H and O–H groups in total. The molecule has 0 aliphatic heterocycles. The minimum absolute atomic E-state index is 0.0117. The van der Waals surface area contributed by atoms with Crippen molar-refractivity contribution in [1.82, 2.24) is 10.2 Å². The van der Waals surface area contributed by atoms with Gasteiger partial charge in [-0.05, 0) is 37.6 Å². The molecule has 0 fully saturated rings. The molecule has 0 aliphatic carbocycles. The molecule has 5 heteroatoms. The molecule has 1 rings (SSSR count). The zero-order chi connectivity index (χ0) is 15.0. The highest BCUT2D eigenvalue weighted by Gasteiger charge is 2.13. The van der Waals surface area contributed by atoms with E-state index in [0.29, 0.717) is 13.1 Å². The maximum Gasteiger partial charge on any atom is 0.234 e. The maximum absolute atomic E-state index is 12.0. The second-order valence-electron chi connectivity index (χ2n) is 4.84. The summed E-state index contributed by atoms with van der Waals surface area (Å²) in [5.74, 6) is -0.0117. The van der Waals surface area contributed by atoms with Crippen LogP contribution in [-0.2, 0) is 4.79 Å². The van der Waals surface area contributed by atoms with Gasteiger partial charge in [0.05, 0.1) is 19.2 Å². The fourth-order valence-corrected chi connectivity index (χ4v) is 2.32. The van der Waals surface area contributed by atoms with Crippen LogP contribution >= 0.6 is 15.9 Å². The number of aliphatic hydroxyl groups excluding tert-OH is 1. The molecule has 1 aromatic rings. The Kier molecular flexibility index (Phi) is 7.80. The van der Waals surface area contributed by atoms with E-state index in [9.17, 15) is 4.79 Å².